The average Bonchev–Trinajstić information content (AvgIpc) is 2.98. The van der Waals surface area contributed by atoms with Gasteiger partial charge in [0.25, 0.3) is 0 Å². The molecule has 4 aromatic carbocycles. The highest BCUT2D eigenvalue weighted by atomic mass is 35.5. The lowest BCUT2D eigenvalue weighted by atomic mass is 10.0. The molecule has 2 amide bonds. The Labute approximate surface area is 263 Å². The number of nitrogens with zero attached hydrogens (tertiary/aromatic N) is 2. The molecule has 0 aliphatic rings. The molecule has 4 rings (SSSR count). The maximum atomic E-state index is 14.4. The number of carbonyl (C=O) groups is 2. The zero-order valence-electron chi connectivity index (χ0n) is 24.3. The largest absolute Gasteiger partial charge is 0.352 e. The van der Waals surface area contributed by atoms with E-state index in [1.165, 1.54) is 4.90 Å². The topological polar surface area (TPSA) is 86.8 Å². The van der Waals surface area contributed by atoms with E-state index < -0.39 is 28.5 Å². The summed E-state index contributed by atoms with van der Waals surface area (Å²) < 4.78 is 27.5. The van der Waals surface area contributed by atoms with Crippen LogP contribution < -0.4 is 9.62 Å². The normalized spacial score (nSPS) is 12.9. The first-order chi connectivity index (χ1) is 20.5. The molecule has 0 bridgehead atoms. The Balaban J connectivity index is 1.82. The van der Waals surface area contributed by atoms with Crippen LogP contribution in [0.3, 0.4) is 0 Å². The fraction of sp³-hybridized carbons (Fsp3) is 0.273. The van der Waals surface area contributed by atoms with E-state index in [0.29, 0.717) is 33.1 Å². The van der Waals surface area contributed by atoms with Crippen molar-refractivity contribution in [2.75, 3.05) is 17.1 Å². The predicted molar refractivity (Wildman–Crippen MR) is 175 cm³/mol. The Morgan fingerprint density at radius 3 is 2.12 bits per heavy atom. The quantitative estimate of drug-likeness (QED) is 0.193. The Morgan fingerprint density at radius 2 is 1.47 bits per heavy atom. The summed E-state index contributed by atoms with van der Waals surface area (Å²) in [6, 6.07) is 25.9. The maximum Gasteiger partial charge on any atom is 0.244 e. The maximum absolute atomic E-state index is 14.4. The number of rotatable bonds is 12. The van der Waals surface area contributed by atoms with Gasteiger partial charge in [-0.2, -0.15) is 0 Å². The van der Waals surface area contributed by atoms with Gasteiger partial charge in [-0.3, -0.25) is 13.9 Å². The van der Waals surface area contributed by atoms with Gasteiger partial charge in [-0.15, -0.1) is 0 Å². The van der Waals surface area contributed by atoms with Crippen molar-refractivity contribution in [3.63, 3.8) is 0 Å². The molecule has 0 fully saturated rings. The second-order valence-electron chi connectivity index (χ2n) is 10.5. The summed E-state index contributed by atoms with van der Waals surface area (Å²) in [4.78, 5) is 29.6. The van der Waals surface area contributed by atoms with Gasteiger partial charge in [-0.05, 0) is 42.5 Å². The van der Waals surface area contributed by atoms with Crippen molar-refractivity contribution in [2.24, 2.45) is 0 Å². The summed E-state index contributed by atoms with van der Waals surface area (Å²) in [7, 11) is -3.92. The van der Waals surface area contributed by atoms with Gasteiger partial charge in [-0.1, -0.05) is 103 Å². The van der Waals surface area contributed by atoms with Crippen molar-refractivity contribution in [1.29, 1.82) is 0 Å². The number of anilines is 1. The van der Waals surface area contributed by atoms with Gasteiger partial charge in [0.2, 0.25) is 21.8 Å². The second kappa shape index (κ2) is 14.3. The summed E-state index contributed by atoms with van der Waals surface area (Å²) in [5, 5.41) is 5.19. The molecule has 0 aliphatic heterocycles. The van der Waals surface area contributed by atoms with Crippen LogP contribution in [-0.2, 0) is 32.6 Å². The third kappa shape index (κ3) is 8.07. The molecule has 4 aromatic rings. The molecule has 226 valence electrons. The first-order valence-electron chi connectivity index (χ1n) is 14.0. The number of fused-ring (bicyclic) bond motifs is 1. The smallest absolute Gasteiger partial charge is 0.244 e. The van der Waals surface area contributed by atoms with Crippen LogP contribution in [0.4, 0.5) is 5.69 Å². The molecule has 10 heteroatoms. The molecular weight excluding hydrogens is 605 g/mol. The zero-order valence-corrected chi connectivity index (χ0v) is 26.7. The molecule has 43 heavy (non-hydrogen) atoms. The van der Waals surface area contributed by atoms with E-state index >= 15 is 0 Å². The van der Waals surface area contributed by atoms with E-state index in [9.17, 15) is 18.0 Å². The standard InChI is InChI=1S/C33H35Cl2N3O4S/c1-4-23(2)36-33(40)31(20-24-12-6-5-7-13-24)37(21-27-28(34)17-11-18-29(27)35)32(39)22-38(43(3,41)42)30-19-10-15-25-14-8-9-16-26(25)30/h5-19,23,31H,4,20-22H2,1-3H3,(H,36,40). The van der Waals surface area contributed by atoms with Crippen molar-refractivity contribution < 1.29 is 18.0 Å². The number of carbonyl (C=O) groups excluding carboxylic acids is 2. The lowest BCUT2D eigenvalue weighted by Crippen LogP contribution is -2.54. The van der Waals surface area contributed by atoms with Gasteiger partial charge in [0.15, 0.2) is 0 Å². The van der Waals surface area contributed by atoms with E-state index in [1.54, 1.807) is 30.3 Å². The van der Waals surface area contributed by atoms with Crippen LogP contribution in [0.2, 0.25) is 10.0 Å². The Bertz CT molecular complexity index is 1670. The lowest BCUT2D eigenvalue weighted by molar-refractivity contribution is -0.140. The molecule has 0 heterocycles. The predicted octanol–water partition coefficient (Wildman–Crippen LogP) is 6.47. The first-order valence-corrected chi connectivity index (χ1v) is 16.6. The number of benzene rings is 4. The minimum atomic E-state index is -3.92. The third-order valence-corrected chi connectivity index (χ3v) is 9.21. The summed E-state index contributed by atoms with van der Waals surface area (Å²) in [5.74, 6) is -0.930. The number of hydrogen-bond donors (Lipinski definition) is 1. The monoisotopic (exact) mass is 639 g/mol. The van der Waals surface area contributed by atoms with Crippen molar-refractivity contribution >= 4 is 61.5 Å². The summed E-state index contributed by atoms with van der Waals surface area (Å²) in [5.41, 5.74) is 1.67. The van der Waals surface area contributed by atoms with E-state index in [2.05, 4.69) is 5.32 Å². The van der Waals surface area contributed by atoms with E-state index in [-0.39, 0.29) is 24.9 Å². The number of halogens is 2. The molecule has 2 unspecified atom stereocenters. The zero-order chi connectivity index (χ0) is 31.1. The fourth-order valence-corrected chi connectivity index (χ4v) is 6.25. The number of sulfonamides is 1. The molecule has 0 saturated heterocycles. The Morgan fingerprint density at radius 1 is 0.860 bits per heavy atom. The minimum Gasteiger partial charge on any atom is -0.352 e. The van der Waals surface area contributed by atoms with E-state index in [4.69, 9.17) is 23.2 Å². The summed E-state index contributed by atoms with van der Waals surface area (Å²) in [6.07, 6.45) is 1.95. The van der Waals surface area contributed by atoms with Crippen LogP contribution in [0.5, 0.6) is 0 Å². The van der Waals surface area contributed by atoms with Crippen LogP contribution in [0.15, 0.2) is 91.0 Å². The van der Waals surface area contributed by atoms with E-state index in [0.717, 1.165) is 21.5 Å². The number of nitrogens with one attached hydrogen (secondary N) is 1. The molecule has 0 spiro atoms. The van der Waals surface area contributed by atoms with Crippen LogP contribution in [0.1, 0.15) is 31.4 Å². The molecule has 2 atom stereocenters. The van der Waals surface area contributed by atoms with Crippen LogP contribution >= 0.6 is 23.2 Å². The molecule has 0 aromatic heterocycles. The molecule has 1 N–H and O–H groups in total. The van der Waals surface area contributed by atoms with Crippen LogP contribution in [-0.4, -0.2) is 50.0 Å². The lowest BCUT2D eigenvalue weighted by Gasteiger charge is -2.34. The summed E-state index contributed by atoms with van der Waals surface area (Å²) in [6.45, 7) is 3.21. The number of amides is 2. The van der Waals surface area contributed by atoms with Gasteiger partial charge in [0.05, 0.1) is 11.9 Å². The summed E-state index contributed by atoms with van der Waals surface area (Å²) >= 11 is 13.1. The average molecular weight is 641 g/mol. The molecule has 0 radical (unpaired) electrons. The Hall–Kier alpha value is -3.59. The molecule has 0 aliphatic carbocycles. The van der Waals surface area contributed by atoms with Gasteiger partial charge >= 0.3 is 0 Å². The van der Waals surface area contributed by atoms with Crippen LogP contribution in [0.25, 0.3) is 10.8 Å². The van der Waals surface area contributed by atoms with Gasteiger partial charge in [0, 0.05) is 40.0 Å². The van der Waals surface area contributed by atoms with Gasteiger partial charge in [0.1, 0.15) is 12.6 Å². The van der Waals surface area contributed by atoms with Crippen molar-refractivity contribution in [3.8, 4) is 0 Å². The Kier molecular flexibility index (Phi) is 10.7. The molecule has 0 saturated carbocycles. The minimum absolute atomic E-state index is 0.101. The van der Waals surface area contributed by atoms with Gasteiger partial charge in [-0.25, -0.2) is 8.42 Å². The highest BCUT2D eigenvalue weighted by Crippen LogP contribution is 2.30. The highest BCUT2D eigenvalue weighted by Gasteiger charge is 2.34. The van der Waals surface area contributed by atoms with Crippen molar-refractivity contribution in [2.45, 2.75) is 45.3 Å². The van der Waals surface area contributed by atoms with Crippen LogP contribution in [0, 0.1) is 0 Å². The van der Waals surface area contributed by atoms with E-state index in [1.807, 2.05) is 74.5 Å². The third-order valence-electron chi connectivity index (χ3n) is 7.38. The fourth-order valence-electron chi connectivity index (χ4n) is 4.87. The molecule has 7 nitrogen and oxygen atoms in total. The first kappa shape index (κ1) is 32.3. The number of hydrogen-bond acceptors (Lipinski definition) is 4. The molecular formula is C33H35Cl2N3O4S. The second-order valence-corrected chi connectivity index (χ2v) is 13.2. The SMILES string of the molecule is CCC(C)NC(=O)C(Cc1ccccc1)N(Cc1c(Cl)cccc1Cl)C(=O)CN(c1cccc2ccccc12)S(C)(=O)=O. The van der Waals surface area contributed by atoms with Crippen molar-refractivity contribution in [1.82, 2.24) is 10.2 Å². The van der Waals surface area contributed by atoms with Gasteiger partial charge < -0.3 is 10.2 Å². The highest BCUT2D eigenvalue weighted by molar-refractivity contribution is 7.92. The van der Waals surface area contributed by atoms with Crippen molar-refractivity contribution in [3.05, 3.63) is 112 Å².